The molecule has 0 N–H and O–H groups in total. The van der Waals surface area contributed by atoms with Gasteiger partial charge >= 0.3 is 0 Å². The predicted octanol–water partition coefficient (Wildman–Crippen LogP) is 3.61. The summed E-state index contributed by atoms with van der Waals surface area (Å²) in [5, 5.41) is 0. The Morgan fingerprint density at radius 3 is 2.40 bits per heavy atom. The average Bonchev–Trinajstić information content (AvgIpc) is 2.63. The van der Waals surface area contributed by atoms with Gasteiger partial charge in [0, 0.05) is 32.0 Å². The van der Waals surface area contributed by atoms with Crippen LogP contribution < -0.4 is 0 Å². The first-order chi connectivity index (χ1) is 12.2. The SMILES string of the molecule is CN(Cc1ccncc1)CC1CCN(CCc2ccc(F)cc2)CC1. The molecular formula is C21H28FN3. The van der Waals surface area contributed by atoms with Crippen LogP contribution in [0.25, 0.3) is 0 Å². The van der Waals surface area contributed by atoms with Crippen molar-refractivity contribution in [2.45, 2.75) is 25.8 Å². The molecule has 0 saturated carbocycles. The van der Waals surface area contributed by atoms with Gasteiger partial charge in [-0.3, -0.25) is 4.98 Å². The number of likely N-dealkylation sites (tertiary alicyclic amines) is 1. The molecule has 0 bridgehead atoms. The van der Waals surface area contributed by atoms with E-state index in [0.29, 0.717) is 0 Å². The number of rotatable bonds is 7. The summed E-state index contributed by atoms with van der Waals surface area (Å²) in [5.41, 5.74) is 2.55. The van der Waals surface area contributed by atoms with Gasteiger partial charge in [-0.1, -0.05) is 12.1 Å². The van der Waals surface area contributed by atoms with Crippen molar-refractivity contribution in [1.82, 2.24) is 14.8 Å². The Morgan fingerprint density at radius 1 is 1.04 bits per heavy atom. The van der Waals surface area contributed by atoms with Gasteiger partial charge in [0.15, 0.2) is 0 Å². The Morgan fingerprint density at radius 2 is 1.72 bits per heavy atom. The molecule has 1 fully saturated rings. The molecule has 3 nitrogen and oxygen atoms in total. The quantitative estimate of drug-likeness (QED) is 0.767. The third kappa shape index (κ3) is 5.91. The monoisotopic (exact) mass is 341 g/mol. The second kappa shape index (κ2) is 9.07. The Bertz CT molecular complexity index is 621. The molecule has 25 heavy (non-hydrogen) atoms. The Labute approximate surface area is 150 Å². The maximum absolute atomic E-state index is 12.9. The van der Waals surface area contributed by atoms with E-state index >= 15 is 0 Å². The van der Waals surface area contributed by atoms with Crippen molar-refractivity contribution in [3.63, 3.8) is 0 Å². The van der Waals surface area contributed by atoms with E-state index in [4.69, 9.17) is 0 Å². The summed E-state index contributed by atoms with van der Waals surface area (Å²) in [6.45, 7) is 5.58. The molecule has 3 rings (SSSR count). The predicted molar refractivity (Wildman–Crippen MR) is 99.8 cm³/mol. The first kappa shape index (κ1) is 18.0. The van der Waals surface area contributed by atoms with Crippen LogP contribution in [0.2, 0.25) is 0 Å². The second-order valence-corrected chi connectivity index (χ2v) is 7.21. The number of nitrogens with zero attached hydrogens (tertiary/aromatic N) is 3. The molecular weight excluding hydrogens is 313 g/mol. The molecule has 1 aliphatic heterocycles. The maximum atomic E-state index is 12.9. The first-order valence-corrected chi connectivity index (χ1v) is 9.23. The van der Waals surface area contributed by atoms with E-state index in [1.54, 1.807) is 12.1 Å². The van der Waals surface area contributed by atoms with Gasteiger partial charge in [-0.15, -0.1) is 0 Å². The number of aromatic nitrogens is 1. The van der Waals surface area contributed by atoms with E-state index < -0.39 is 0 Å². The van der Waals surface area contributed by atoms with Crippen molar-refractivity contribution in [3.8, 4) is 0 Å². The molecule has 1 aromatic carbocycles. The van der Waals surface area contributed by atoms with Gasteiger partial charge in [-0.05, 0) is 80.7 Å². The van der Waals surface area contributed by atoms with Crippen LogP contribution in [-0.2, 0) is 13.0 Å². The van der Waals surface area contributed by atoms with E-state index in [0.717, 1.165) is 32.0 Å². The summed E-state index contributed by atoms with van der Waals surface area (Å²) >= 11 is 0. The fraction of sp³-hybridized carbons (Fsp3) is 0.476. The number of piperidine rings is 1. The van der Waals surface area contributed by atoms with Crippen molar-refractivity contribution in [1.29, 1.82) is 0 Å². The maximum Gasteiger partial charge on any atom is 0.123 e. The molecule has 1 aromatic heterocycles. The Hall–Kier alpha value is -1.78. The Balaban J connectivity index is 1.36. The van der Waals surface area contributed by atoms with Gasteiger partial charge in [0.2, 0.25) is 0 Å². The number of hydrogen-bond donors (Lipinski definition) is 0. The highest BCUT2D eigenvalue weighted by Gasteiger charge is 2.20. The van der Waals surface area contributed by atoms with Crippen LogP contribution in [0.15, 0.2) is 48.8 Å². The van der Waals surface area contributed by atoms with Crippen LogP contribution in [0, 0.1) is 11.7 Å². The van der Waals surface area contributed by atoms with E-state index in [1.807, 2.05) is 24.5 Å². The van der Waals surface area contributed by atoms with Crippen LogP contribution >= 0.6 is 0 Å². The molecule has 1 aliphatic rings. The minimum absolute atomic E-state index is 0.152. The lowest BCUT2D eigenvalue weighted by Gasteiger charge is -2.34. The van der Waals surface area contributed by atoms with Gasteiger partial charge in [0.1, 0.15) is 5.82 Å². The van der Waals surface area contributed by atoms with E-state index in [9.17, 15) is 4.39 Å². The zero-order valence-corrected chi connectivity index (χ0v) is 15.1. The normalized spacial score (nSPS) is 16.4. The highest BCUT2D eigenvalue weighted by Crippen LogP contribution is 2.19. The molecule has 4 heteroatoms. The number of halogens is 1. The Kier molecular flexibility index (Phi) is 6.54. The van der Waals surface area contributed by atoms with Crippen molar-refractivity contribution >= 4 is 0 Å². The standard InChI is InChI=1S/C21H28FN3/c1-24(16-19-6-11-23-12-7-19)17-20-9-14-25(15-10-20)13-8-18-2-4-21(22)5-3-18/h2-7,11-12,20H,8-10,13-17H2,1H3. The van der Waals surface area contributed by atoms with Crippen molar-refractivity contribution < 1.29 is 4.39 Å². The van der Waals surface area contributed by atoms with Crippen LogP contribution in [-0.4, -0.2) is 48.0 Å². The molecule has 0 spiro atoms. The zero-order valence-electron chi connectivity index (χ0n) is 15.1. The van der Waals surface area contributed by atoms with E-state index in [2.05, 4.69) is 34.0 Å². The molecule has 2 aromatic rings. The topological polar surface area (TPSA) is 19.4 Å². The molecule has 1 saturated heterocycles. The van der Waals surface area contributed by atoms with Gasteiger partial charge in [0.05, 0.1) is 0 Å². The lowest BCUT2D eigenvalue weighted by atomic mass is 9.96. The van der Waals surface area contributed by atoms with Crippen LogP contribution in [0.4, 0.5) is 4.39 Å². The summed E-state index contributed by atoms with van der Waals surface area (Å²) in [7, 11) is 2.21. The fourth-order valence-corrected chi connectivity index (χ4v) is 3.64. The zero-order chi connectivity index (χ0) is 17.5. The van der Waals surface area contributed by atoms with Crippen molar-refractivity contribution in [2.24, 2.45) is 5.92 Å². The summed E-state index contributed by atoms with van der Waals surface area (Å²) in [4.78, 5) is 9.05. The summed E-state index contributed by atoms with van der Waals surface area (Å²) in [6.07, 6.45) is 7.27. The second-order valence-electron chi connectivity index (χ2n) is 7.21. The molecule has 0 unspecified atom stereocenters. The summed E-state index contributed by atoms with van der Waals surface area (Å²) in [5.74, 6) is 0.634. The van der Waals surface area contributed by atoms with Crippen LogP contribution in [0.5, 0.6) is 0 Å². The minimum Gasteiger partial charge on any atom is -0.303 e. The average molecular weight is 341 g/mol. The molecule has 0 atom stereocenters. The molecule has 134 valence electrons. The first-order valence-electron chi connectivity index (χ1n) is 9.23. The van der Waals surface area contributed by atoms with Gasteiger partial charge < -0.3 is 9.80 Å². The van der Waals surface area contributed by atoms with Gasteiger partial charge in [-0.25, -0.2) is 4.39 Å². The van der Waals surface area contributed by atoms with Crippen LogP contribution in [0.1, 0.15) is 24.0 Å². The molecule has 0 aliphatic carbocycles. The third-order valence-corrected chi connectivity index (χ3v) is 5.11. The fourth-order valence-electron chi connectivity index (χ4n) is 3.64. The smallest absolute Gasteiger partial charge is 0.123 e. The van der Waals surface area contributed by atoms with Crippen LogP contribution in [0.3, 0.4) is 0 Å². The highest BCUT2D eigenvalue weighted by atomic mass is 19.1. The lowest BCUT2D eigenvalue weighted by Crippen LogP contribution is -2.38. The van der Waals surface area contributed by atoms with Gasteiger partial charge in [-0.2, -0.15) is 0 Å². The lowest BCUT2D eigenvalue weighted by molar-refractivity contribution is 0.153. The molecule has 0 radical (unpaired) electrons. The van der Waals surface area contributed by atoms with E-state index in [1.165, 1.54) is 37.1 Å². The van der Waals surface area contributed by atoms with Crippen molar-refractivity contribution in [2.75, 3.05) is 33.2 Å². The number of pyridine rings is 1. The number of benzene rings is 1. The largest absolute Gasteiger partial charge is 0.303 e. The van der Waals surface area contributed by atoms with Crippen molar-refractivity contribution in [3.05, 3.63) is 65.7 Å². The highest BCUT2D eigenvalue weighted by molar-refractivity contribution is 5.16. The minimum atomic E-state index is -0.152. The summed E-state index contributed by atoms with van der Waals surface area (Å²) < 4.78 is 12.9. The third-order valence-electron chi connectivity index (χ3n) is 5.11. The van der Waals surface area contributed by atoms with E-state index in [-0.39, 0.29) is 5.82 Å². The summed E-state index contributed by atoms with van der Waals surface area (Å²) in [6, 6.07) is 11.1. The van der Waals surface area contributed by atoms with Gasteiger partial charge in [0.25, 0.3) is 0 Å². The molecule has 2 heterocycles. The number of hydrogen-bond acceptors (Lipinski definition) is 3. The molecule has 0 amide bonds.